The SMILES string of the molecule is CS[C@@H](CO)[C@@H](C)NC(=O)NCC(F)(F)F. The van der Waals surface area contributed by atoms with E-state index in [1.54, 1.807) is 18.5 Å². The fraction of sp³-hybridized carbons (Fsp3) is 0.875. The van der Waals surface area contributed by atoms with E-state index in [0.29, 0.717) is 0 Å². The average molecular weight is 260 g/mol. The van der Waals surface area contributed by atoms with Crippen LogP contribution < -0.4 is 10.6 Å². The van der Waals surface area contributed by atoms with Gasteiger partial charge in [0, 0.05) is 11.3 Å². The monoisotopic (exact) mass is 260 g/mol. The Bertz CT molecular complexity index is 222. The van der Waals surface area contributed by atoms with Crippen LogP contribution in [0.25, 0.3) is 0 Å². The highest BCUT2D eigenvalue weighted by atomic mass is 32.2. The molecule has 0 spiro atoms. The molecule has 8 heteroatoms. The number of hydrogen-bond donors (Lipinski definition) is 3. The first kappa shape index (κ1) is 15.4. The molecule has 0 rings (SSSR count). The van der Waals surface area contributed by atoms with Gasteiger partial charge >= 0.3 is 12.2 Å². The van der Waals surface area contributed by atoms with Gasteiger partial charge in [-0.15, -0.1) is 0 Å². The molecule has 0 aliphatic rings. The van der Waals surface area contributed by atoms with Gasteiger partial charge in [-0.3, -0.25) is 0 Å². The molecule has 0 aromatic heterocycles. The van der Waals surface area contributed by atoms with Crippen molar-refractivity contribution < 1.29 is 23.1 Å². The molecule has 2 atom stereocenters. The predicted molar refractivity (Wildman–Crippen MR) is 56.4 cm³/mol. The third kappa shape index (κ3) is 6.78. The molecule has 0 unspecified atom stereocenters. The van der Waals surface area contributed by atoms with E-state index in [1.807, 2.05) is 0 Å². The molecule has 0 aromatic rings. The van der Waals surface area contributed by atoms with Crippen molar-refractivity contribution in [2.75, 3.05) is 19.4 Å². The standard InChI is InChI=1S/C8H15F3N2O2S/c1-5(6(3-14)16-2)13-7(15)12-4-8(9,10)11/h5-6,14H,3-4H2,1-2H3,(H2,12,13,15)/t5-,6+/m1/s1. The first-order chi connectivity index (χ1) is 7.30. The van der Waals surface area contributed by atoms with E-state index in [4.69, 9.17) is 5.11 Å². The van der Waals surface area contributed by atoms with Crippen LogP contribution in [0, 0.1) is 0 Å². The highest BCUT2D eigenvalue weighted by Gasteiger charge is 2.28. The molecule has 0 fully saturated rings. The Balaban J connectivity index is 3.95. The van der Waals surface area contributed by atoms with Crippen molar-refractivity contribution in [3.8, 4) is 0 Å². The summed E-state index contributed by atoms with van der Waals surface area (Å²) in [6, 6.07) is -1.30. The topological polar surface area (TPSA) is 61.4 Å². The summed E-state index contributed by atoms with van der Waals surface area (Å²) in [7, 11) is 0. The molecule has 3 N–H and O–H groups in total. The largest absolute Gasteiger partial charge is 0.405 e. The summed E-state index contributed by atoms with van der Waals surface area (Å²) < 4.78 is 35.3. The van der Waals surface area contributed by atoms with Crippen molar-refractivity contribution in [2.45, 2.75) is 24.4 Å². The smallest absolute Gasteiger partial charge is 0.395 e. The van der Waals surface area contributed by atoms with Gasteiger partial charge in [0.25, 0.3) is 0 Å². The minimum atomic E-state index is -4.42. The minimum Gasteiger partial charge on any atom is -0.395 e. The lowest BCUT2D eigenvalue weighted by atomic mass is 10.2. The maximum atomic E-state index is 11.8. The second-order valence-corrected chi connectivity index (χ2v) is 4.26. The third-order valence-electron chi connectivity index (χ3n) is 1.85. The van der Waals surface area contributed by atoms with E-state index >= 15 is 0 Å². The van der Waals surface area contributed by atoms with Gasteiger partial charge in [-0.25, -0.2) is 4.79 Å². The first-order valence-electron chi connectivity index (χ1n) is 4.55. The van der Waals surface area contributed by atoms with Gasteiger partial charge in [-0.2, -0.15) is 24.9 Å². The summed E-state index contributed by atoms with van der Waals surface area (Å²) in [5.74, 6) is 0. The lowest BCUT2D eigenvalue weighted by Crippen LogP contribution is -2.48. The van der Waals surface area contributed by atoms with Gasteiger partial charge in [0.05, 0.1) is 6.61 Å². The highest BCUT2D eigenvalue weighted by molar-refractivity contribution is 7.99. The molecule has 0 saturated heterocycles. The van der Waals surface area contributed by atoms with Gasteiger partial charge in [0.15, 0.2) is 0 Å². The van der Waals surface area contributed by atoms with Crippen molar-refractivity contribution in [1.82, 2.24) is 10.6 Å². The van der Waals surface area contributed by atoms with Gasteiger partial charge in [-0.1, -0.05) is 0 Å². The fourth-order valence-corrected chi connectivity index (χ4v) is 1.59. The second kappa shape index (κ2) is 6.85. The van der Waals surface area contributed by atoms with E-state index in [1.165, 1.54) is 11.8 Å². The van der Waals surface area contributed by atoms with Gasteiger partial charge in [-0.05, 0) is 13.2 Å². The molecule has 0 aliphatic heterocycles. The van der Waals surface area contributed by atoms with E-state index in [9.17, 15) is 18.0 Å². The normalized spacial score (nSPS) is 15.4. The average Bonchev–Trinajstić information content (AvgIpc) is 2.15. The minimum absolute atomic E-state index is 0.151. The Kier molecular flexibility index (Phi) is 6.58. The number of amides is 2. The Morgan fingerprint density at radius 3 is 2.44 bits per heavy atom. The van der Waals surface area contributed by atoms with Crippen LogP contribution in [0.5, 0.6) is 0 Å². The van der Waals surface area contributed by atoms with Crippen LogP contribution in [0.15, 0.2) is 0 Å². The molecule has 4 nitrogen and oxygen atoms in total. The van der Waals surface area contributed by atoms with Gasteiger partial charge in [0.2, 0.25) is 0 Å². The molecule has 0 bridgehead atoms. The predicted octanol–water partition coefficient (Wildman–Crippen LogP) is 0.960. The van der Waals surface area contributed by atoms with E-state index in [-0.39, 0.29) is 11.9 Å². The van der Waals surface area contributed by atoms with E-state index < -0.39 is 24.8 Å². The molecular formula is C8H15F3N2O2S. The zero-order chi connectivity index (χ0) is 12.8. The Hall–Kier alpha value is -0.630. The van der Waals surface area contributed by atoms with Crippen molar-refractivity contribution in [2.24, 2.45) is 0 Å². The maximum absolute atomic E-state index is 11.8. The van der Waals surface area contributed by atoms with Crippen molar-refractivity contribution >= 4 is 17.8 Å². The number of aliphatic hydroxyl groups is 1. The van der Waals surface area contributed by atoms with Crippen LogP contribution in [0.2, 0.25) is 0 Å². The number of thioether (sulfide) groups is 1. The number of rotatable bonds is 5. The molecule has 96 valence electrons. The summed E-state index contributed by atoms with van der Waals surface area (Å²) in [6.07, 6.45) is -2.68. The molecule has 16 heavy (non-hydrogen) atoms. The Morgan fingerprint density at radius 2 is 2.06 bits per heavy atom. The Labute approximate surface area is 96.0 Å². The molecule has 2 amide bonds. The summed E-state index contributed by atoms with van der Waals surface area (Å²) in [5.41, 5.74) is 0. The summed E-state index contributed by atoms with van der Waals surface area (Å²) in [5, 5.41) is 12.7. The number of alkyl halides is 3. The number of aliphatic hydroxyl groups excluding tert-OH is 1. The van der Waals surface area contributed by atoms with Crippen molar-refractivity contribution in [1.29, 1.82) is 0 Å². The summed E-state index contributed by atoms with van der Waals surface area (Å²) in [4.78, 5) is 11.0. The van der Waals surface area contributed by atoms with E-state index in [0.717, 1.165) is 0 Å². The van der Waals surface area contributed by atoms with Crippen molar-refractivity contribution in [3.63, 3.8) is 0 Å². The third-order valence-corrected chi connectivity index (χ3v) is 3.01. The van der Waals surface area contributed by atoms with Gasteiger partial charge < -0.3 is 15.7 Å². The Morgan fingerprint density at radius 1 is 1.50 bits per heavy atom. The first-order valence-corrected chi connectivity index (χ1v) is 5.83. The van der Waals surface area contributed by atoms with Gasteiger partial charge in [0.1, 0.15) is 6.54 Å². The number of halogens is 3. The van der Waals surface area contributed by atoms with Crippen molar-refractivity contribution in [3.05, 3.63) is 0 Å². The van der Waals surface area contributed by atoms with Crippen LogP contribution in [0.4, 0.5) is 18.0 Å². The highest BCUT2D eigenvalue weighted by Crippen LogP contribution is 2.12. The second-order valence-electron chi connectivity index (χ2n) is 3.19. The van der Waals surface area contributed by atoms with Crippen LogP contribution in [0.1, 0.15) is 6.92 Å². The summed E-state index contributed by atoms with van der Waals surface area (Å²) in [6.45, 7) is 0.0983. The number of nitrogens with one attached hydrogen (secondary N) is 2. The number of hydrogen-bond acceptors (Lipinski definition) is 3. The van der Waals surface area contributed by atoms with Crippen LogP contribution in [0.3, 0.4) is 0 Å². The lowest BCUT2D eigenvalue weighted by molar-refractivity contribution is -0.122. The summed E-state index contributed by atoms with van der Waals surface area (Å²) >= 11 is 1.33. The fourth-order valence-electron chi connectivity index (χ4n) is 0.968. The zero-order valence-electron chi connectivity index (χ0n) is 8.97. The van der Waals surface area contributed by atoms with Crippen LogP contribution in [-0.2, 0) is 0 Å². The molecule has 0 aliphatic carbocycles. The molecule has 0 aromatic carbocycles. The molecular weight excluding hydrogens is 245 g/mol. The number of carbonyl (C=O) groups excluding carboxylic acids is 1. The molecule has 0 radical (unpaired) electrons. The maximum Gasteiger partial charge on any atom is 0.405 e. The molecule has 0 heterocycles. The van der Waals surface area contributed by atoms with Crippen LogP contribution in [-0.4, -0.2) is 48.0 Å². The molecule has 0 saturated carbocycles. The van der Waals surface area contributed by atoms with Crippen LogP contribution >= 0.6 is 11.8 Å². The van der Waals surface area contributed by atoms with E-state index in [2.05, 4.69) is 5.32 Å². The lowest BCUT2D eigenvalue weighted by Gasteiger charge is -2.21. The zero-order valence-corrected chi connectivity index (χ0v) is 9.78. The quantitative estimate of drug-likeness (QED) is 0.690. The number of carbonyl (C=O) groups is 1. The number of urea groups is 1.